The van der Waals surface area contributed by atoms with Crippen LogP contribution in [0, 0.1) is 0 Å². The first-order chi connectivity index (χ1) is 8.59. The molecule has 2 aliphatic rings. The molecular formula is C13H14BrNO3. The second-order valence-electron chi connectivity index (χ2n) is 4.88. The van der Waals surface area contributed by atoms with Gasteiger partial charge in [-0.25, -0.2) is 4.79 Å². The summed E-state index contributed by atoms with van der Waals surface area (Å²) in [6.07, 6.45) is 1.95. The summed E-state index contributed by atoms with van der Waals surface area (Å²) in [5.74, 6) is 1.02. The Bertz CT molecular complexity index is 542. The molecule has 0 aromatic heterocycles. The number of rotatable bonds is 1. The van der Waals surface area contributed by atoms with E-state index in [9.17, 15) is 4.79 Å². The van der Waals surface area contributed by atoms with Crippen molar-refractivity contribution in [3.8, 4) is 5.75 Å². The van der Waals surface area contributed by atoms with Crippen molar-refractivity contribution in [3.63, 3.8) is 0 Å². The van der Waals surface area contributed by atoms with Crippen molar-refractivity contribution < 1.29 is 14.6 Å². The van der Waals surface area contributed by atoms with Gasteiger partial charge in [-0.2, -0.15) is 0 Å². The lowest BCUT2D eigenvalue weighted by molar-refractivity contribution is 0.209. The van der Waals surface area contributed by atoms with E-state index in [1.54, 1.807) is 0 Å². The fourth-order valence-corrected chi connectivity index (χ4v) is 3.93. The van der Waals surface area contributed by atoms with Crippen LogP contribution >= 0.6 is 15.9 Å². The Hall–Kier alpha value is -1.23. The first-order valence-corrected chi connectivity index (χ1v) is 6.88. The maximum Gasteiger partial charge on any atom is 0.409 e. The quantitative estimate of drug-likeness (QED) is 0.834. The fourth-order valence-electron chi connectivity index (χ4n) is 2.92. The summed E-state index contributed by atoms with van der Waals surface area (Å²) < 4.78 is 6.81. The Morgan fingerprint density at radius 1 is 1.44 bits per heavy atom. The van der Waals surface area contributed by atoms with E-state index >= 15 is 0 Å². The highest BCUT2D eigenvalue weighted by Crippen LogP contribution is 2.50. The van der Waals surface area contributed by atoms with Crippen LogP contribution in [0.1, 0.15) is 36.0 Å². The molecule has 96 valence electrons. The molecule has 1 amide bonds. The Balaban J connectivity index is 2.24. The van der Waals surface area contributed by atoms with Gasteiger partial charge in [0, 0.05) is 16.0 Å². The summed E-state index contributed by atoms with van der Waals surface area (Å²) in [4.78, 5) is 11.0. The molecule has 5 heteroatoms. The Labute approximate surface area is 113 Å². The summed E-state index contributed by atoms with van der Waals surface area (Å²) in [7, 11) is 0. The van der Waals surface area contributed by atoms with Crippen molar-refractivity contribution in [1.82, 2.24) is 0 Å². The molecule has 0 radical (unpaired) electrons. The predicted molar refractivity (Wildman–Crippen MR) is 71.7 cm³/mol. The second kappa shape index (κ2) is 4.16. The molecule has 1 aromatic rings. The number of nitrogens with one attached hydrogen (secondary N) is 1. The third-order valence-electron chi connectivity index (χ3n) is 3.70. The zero-order chi connectivity index (χ0) is 12.9. The van der Waals surface area contributed by atoms with Gasteiger partial charge in [-0.1, -0.05) is 22.9 Å². The number of halogens is 1. The van der Waals surface area contributed by atoms with Gasteiger partial charge in [-0.3, -0.25) is 5.32 Å². The maximum absolute atomic E-state index is 11.0. The molecule has 0 saturated carbocycles. The molecule has 0 saturated heterocycles. The number of ether oxygens (including phenoxy) is 1. The minimum Gasteiger partial charge on any atom is -0.490 e. The van der Waals surface area contributed by atoms with Crippen molar-refractivity contribution in [2.24, 2.45) is 0 Å². The SMILES string of the molecule is CC1COc2c(NC(=O)O)c3c(c(Br)c21)CCC3. The number of benzene rings is 1. The van der Waals surface area contributed by atoms with Gasteiger partial charge in [-0.05, 0) is 30.4 Å². The van der Waals surface area contributed by atoms with Crippen LogP contribution in [0.2, 0.25) is 0 Å². The van der Waals surface area contributed by atoms with E-state index in [4.69, 9.17) is 9.84 Å². The zero-order valence-electron chi connectivity index (χ0n) is 10.0. The normalized spacial score (nSPS) is 20.2. The van der Waals surface area contributed by atoms with E-state index in [0.29, 0.717) is 18.2 Å². The summed E-state index contributed by atoms with van der Waals surface area (Å²) in [6, 6.07) is 0. The first kappa shape index (κ1) is 11.8. The molecule has 1 aliphatic carbocycles. The lowest BCUT2D eigenvalue weighted by atomic mass is 9.96. The number of hydrogen-bond donors (Lipinski definition) is 2. The van der Waals surface area contributed by atoms with E-state index in [1.165, 1.54) is 5.56 Å². The van der Waals surface area contributed by atoms with Crippen LogP contribution in [0.3, 0.4) is 0 Å². The average Bonchev–Trinajstić information content (AvgIpc) is 2.90. The molecular weight excluding hydrogens is 298 g/mol. The molecule has 0 spiro atoms. The van der Waals surface area contributed by atoms with Crippen LogP contribution in [0.15, 0.2) is 4.47 Å². The largest absolute Gasteiger partial charge is 0.490 e. The monoisotopic (exact) mass is 311 g/mol. The van der Waals surface area contributed by atoms with E-state index in [0.717, 1.165) is 40.6 Å². The molecule has 1 heterocycles. The third-order valence-corrected chi connectivity index (χ3v) is 4.60. The number of amides is 1. The lowest BCUT2D eigenvalue weighted by Crippen LogP contribution is -2.11. The molecule has 18 heavy (non-hydrogen) atoms. The van der Waals surface area contributed by atoms with E-state index in [-0.39, 0.29) is 0 Å². The van der Waals surface area contributed by atoms with Gasteiger partial charge in [0.25, 0.3) is 0 Å². The Morgan fingerprint density at radius 3 is 2.89 bits per heavy atom. The summed E-state index contributed by atoms with van der Waals surface area (Å²) in [5, 5.41) is 11.5. The molecule has 1 unspecified atom stereocenters. The van der Waals surface area contributed by atoms with Gasteiger partial charge in [0.05, 0.1) is 12.3 Å². The molecule has 1 aliphatic heterocycles. The fraction of sp³-hybridized carbons (Fsp3) is 0.462. The van der Waals surface area contributed by atoms with Gasteiger partial charge < -0.3 is 9.84 Å². The Morgan fingerprint density at radius 2 is 2.17 bits per heavy atom. The van der Waals surface area contributed by atoms with Gasteiger partial charge >= 0.3 is 6.09 Å². The Kier molecular flexibility index (Phi) is 2.73. The predicted octanol–water partition coefficient (Wildman–Crippen LogP) is 3.52. The molecule has 1 aromatic carbocycles. The zero-order valence-corrected chi connectivity index (χ0v) is 11.6. The average molecular weight is 312 g/mol. The number of fused-ring (bicyclic) bond motifs is 2. The highest BCUT2D eigenvalue weighted by Gasteiger charge is 2.33. The topological polar surface area (TPSA) is 58.6 Å². The van der Waals surface area contributed by atoms with Crippen LogP contribution in [-0.2, 0) is 12.8 Å². The summed E-state index contributed by atoms with van der Waals surface area (Å²) >= 11 is 3.67. The number of hydrogen-bond acceptors (Lipinski definition) is 2. The second-order valence-corrected chi connectivity index (χ2v) is 5.68. The summed E-state index contributed by atoms with van der Waals surface area (Å²) in [6.45, 7) is 2.72. The van der Waals surface area contributed by atoms with E-state index in [2.05, 4.69) is 28.2 Å². The van der Waals surface area contributed by atoms with Crippen LogP contribution in [0.5, 0.6) is 5.75 Å². The smallest absolute Gasteiger partial charge is 0.409 e. The van der Waals surface area contributed by atoms with E-state index in [1.807, 2.05) is 0 Å². The third kappa shape index (κ3) is 1.61. The van der Waals surface area contributed by atoms with Crippen LogP contribution in [-0.4, -0.2) is 17.8 Å². The van der Waals surface area contributed by atoms with Crippen LogP contribution in [0.4, 0.5) is 10.5 Å². The number of carboxylic acid groups (broad SMARTS) is 1. The minimum atomic E-state index is -1.03. The maximum atomic E-state index is 11.0. The molecule has 4 nitrogen and oxygen atoms in total. The van der Waals surface area contributed by atoms with Crippen LogP contribution in [0.25, 0.3) is 0 Å². The lowest BCUT2D eigenvalue weighted by Gasteiger charge is -2.16. The van der Waals surface area contributed by atoms with Gasteiger partial charge in [0.15, 0.2) is 0 Å². The standard InChI is InChI=1S/C13H14BrNO3/c1-6-5-18-12-9(6)10(14)7-3-2-4-8(7)11(12)15-13(16)17/h6,15H,2-5H2,1H3,(H,16,17). The molecule has 0 fully saturated rings. The first-order valence-electron chi connectivity index (χ1n) is 6.09. The van der Waals surface area contributed by atoms with Gasteiger partial charge in [0.2, 0.25) is 0 Å². The molecule has 3 rings (SSSR count). The summed E-state index contributed by atoms with van der Waals surface area (Å²) in [5.41, 5.74) is 4.11. The van der Waals surface area contributed by atoms with Crippen LogP contribution < -0.4 is 10.1 Å². The highest BCUT2D eigenvalue weighted by molar-refractivity contribution is 9.10. The van der Waals surface area contributed by atoms with Crippen molar-refractivity contribution in [1.29, 1.82) is 0 Å². The van der Waals surface area contributed by atoms with E-state index < -0.39 is 6.09 Å². The van der Waals surface area contributed by atoms with Gasteiger partial charge in [0.1, 0.15) is 5.75 Å². The van der Waals surface area contributed by atoms with Gasteiger partial charge in [-0.15, -0.1) is 0 Å². The van der Waals surface area contributed by atoms with Crippen molar-refractivity contribution in [2.45, 2.75) is 32.1 Å². The van der Waals surface area contributed by atoms with Crippen molar-refractivity contribution >= 4 is 27.7 Å². The van der Waals surface area contributed by atoms with Crippen molar-refractivity contribution in [3.05, 3.63) is 21.2 Å². The minimum absolute atomic E-state index is 0.301. The number of carbonyl (C=O) groups is 1. The molecule has 1 atom stereocenters. The van der Waals surface area contributed by atoms with Crippen molar-refractivity contribution in [2.75, 3.05) is 11.9 Å². The number of anilines is 1. The highest BCUT2D eigenvalue weighted by atomic mass is 79.9. The molecule has 2 N–H and O–H groups in total. The molecule has 0 bridgehead atoms.